The summed E-state index contributed by atoms with van der Waals surface area (Å²) in [5.41, 5.74) is 1.17. The van der Waals surface area contributed by atoms with Crippen molar-refractivity contribution in [1.29, 1.82) is 0 Å². The normalized spacial score (nSPS) is 24.2. The van der Waals surface area contributed by atoms with Crippen LogP contribution in [0.4, 0.5) is 0 Å². The molecule has 4 N–H and O–H groups in total. The second kappa shape index (κ2) is 8.27. The first-order valence-corrected chi connectivity index (χ1v) is 8.96. The number of aliphatic carboxylic acids is 1. The lowest BCUT2D eigenvalue weighted by molar-refractivity contribution is -0.148. The molecule has 0 fully saturated rings. The van der Waals surface area contributed by atoms with Crippen LogP contribution in [-0.4, -0.2) is 66.3 Å². The van der Waals surface area contributed by atoms with E-state index >= 15 is 0 Å². The Morgan fingerprint density at radius 1 is 1.36 bits per heavy atom. The monoisotopic (exact) mass is 409 g/mol. The van der Waals surface area contributed by atoms with E-state index in [4.69, 9.17) is 21.4 Å². The number of benzene rings is 1. The molecule has 0 radical (unpaired) electrons. The number of aliphatic hydroxyl groups excluding tert-OH is 3. The molecule has 1 aliphatic rings. The average molecular weight is 410 g/mol. The van der Waals surface area contributed by atoms with E-state index in [1.165, 1.54) is 10.8 Å². The molecule has 0 saturated heterocycles. The van der Waals surface area contributed by atoms with E-state index in [1.807, 2.05) is 6.07 Å². The van der Waals surface area contributed by atoms with Gasteiger partial charge in [0.15, 0.2) is 0 Å². The minimum Gasteiger partial charge on any atom is -0.480 e. The molecule has 5 atom stereocenters. The minimum absolute atomic E-state index is 0.382. The highest BCUT2D eigenvalue weighted by atomic mass is 35.5. The largest absolute Gasteiger partial charge is 0.480 e. The Bertz CT molecular complexity index is 886. The third-order valence-electron chi connectivity index (χ3n) is 4.74. The van der Waals surface area contributed by atoms with Gasteiger partial charge >= 0.3 is 5.97 Å². The van der Waals surface area contributed by atoms with Gasteiger partial charge < -0.3 is 25.2 Å². The summed E-state index contributed by atoms with van der Waals surface area (Å²) in [7, 11) is 0. The molecule has 10 heteroatoms. The van der Waals surface area contributed by atoms with Gasteiger partial charge in [-0.3, -0.25) is 0 Å². The fourth-order valence-corrected chi connectivity index (χ4v) is 3.39. The Balaban J connectivity index is 1.96. The third kappa shape index (κ3) is 3.88. The van der Waals surface area contributed by atoms with Crippen LogP contribution in [0, 0.1) is 5.92 Å². The molecule has 0 amide bonds. The topological polar surface area (TPSA) is 138 Å². The predicted molar refractivity (Wildman–Crippen MR) is 98.4 cm³/mol. The molecule has 0 spiro atoms. The first-order chi connectivity index (χ1) is 13.3. The summed E-state index contributed by atoms with van der Waals surface area (Å²) in [5, 5.41) is 47.2. The molecule has 1 aliphatic heterocycles. The van der Waals surface area contributed by atoms with Crippen molar-refractivity contribution in [3.8, 4) is 11.3 Å². The molecule has 2 aromatic rings. The molecule has 150 valence electrons. The summed E-state index contributed by atoms with van der Waals surface area (Å²) in [6.45, 7) is 1.03. The molecular weight excluding hydrogens is 390 g/mol. The van der Waals surface area contributed by atoms with Gasteiger partial charge in [-0.15, -0.1) is 5.10 Å². The third-order valence-corrected chi connectivity index (χ3v) is 5.07. The molecular formula is C18H20ClN3O6. The van der Waals surface area contributed by atoms with Crippen LogP contribution in [0.25, 0.3) is 11.3 Å². The van der Waals surface area contributed by atoms with Gasteiger partial charge in [-0.1, -0.05) is 41.9 Å². The number of aromatic nitrogens is 3. The van der Waals surface area contributed by atoms with Crippen molar-refractivity contribution in [1.82, 2.24) is 15.0 Å². The lowest BCUT2D eigenvalue weighted by Crippen LogP contribution is -2.48. The molecule has 2 heterocycles. The van der Waals surface area contributed by atoms with Crippen molar-refractivity contribution >= 4 is 17.6 Å². The smallest absolute Gasteiger partial charge is 0.370 e. The van der Waals surface area contributed by atoms with E-state index in [9.17, 15) is 20.1 Å². The van der Waals surface area contributed by atoms with E-state index in [0.29, 0.717) is 16.3 Å². The molecule has 0 bridgehead atoms. The first-order valence-electron chi connectivity index (χ1n) is 8.59. The summed E-state index contributed by atoms with van der Waals surface area (Å²) in [6, 6.07) is 6.49. The maximum absolute atomic E-state index is 11.5. The summed E-state index contributed by atoms with van der Waals surface area (Å²) < 4.78 is 6.82. The van der Waals surface area contributed by atoms with Crippen molar-refractivity contribution < 1.29 is 30.0 Å². The van der Waals surface area contributed by atoms with E-state index in [2.05, 4.69) is 10.3 Å². The zero-order valence-corrected chi connectivity index (χ0v) is 15.6. The van der Waals surface area contributed by atoms with E-state index < -0.39 is 42.8 Å². The fourth-order valence-electron chi connectivity index (χ4n) is 3.16. The Labute approximate surface area is 165 Å². The van der Waals surface area contributed by atoms with Gasteiger partial charge in [0.25, 0.3) is 0 Å². The highest BCUT2D eigenvalue weighted by Crippen LogP contribution is 2.35. The summed E-state index contributed by atoms with van der Waals surface area (Å²) in [5.74, 6) is -2.19. The minimum atomic E-state index is -1.49. The number of hydrogen-bond acceptors (Lipinski definition) is 7. The number of halogens is 1. The molecule has 3 rings (SSSR count). The van der Waals surface area contributed by atoms with Gasteiger partial charge in [0.05, 0.1) is 23.9 Å². The molecule has 28 heavy (non-hydrogen) atoms. The standard InChI is InChI=1S/C18H20ClN3O6/c1-9-13(6-15(18(26)27)28-17(9)16(25)14(24)8-23)22-7-12(20-21-22)10-4-2-3-5-11(10)19/h2-7,9,13-14,16-17,23-25H,8H2,1H3,(H,26,27)/t9-,13+,14?,16-,17-/m1/s1. The molecule has 1 unspecified atom stereocenters. The quantitative estimate of drug-likeness (QED) is 0.551. The number of carbonyl (C=O) groups is 1. The molecule has 1 aromatic heterocycles. The van der Waals surface area contributed by atoms with Crippen LogP contribution in [0.2, 0.25) is 5.02 Å². The number of rotatable bonds is 6. The second-order valence-corrected chi connectivity index (χ2v) is 6.98. The van der Waals surface area contributed by atoms with E-state index in [-0.39, 0.29) is 5.76 Å². The molecule has 0 saturated carbocycles. The zero-order valence-electron chi connectivity index (χ0n) is 14.9. The summed E-state index contributed by atoms with van der Waals surface area (Å²) in [6.07, 6.45) is -1.05. The Kier molecular flexibility index (Phi) is 5.99. The molecule has 9 nitrogen and oxygen atoms in total. The van der Waals surface area contributed by atoms with Crippen molar-refractivity contribution in [2.75, 3.05) is 6.61 Å². The van der Waals surface area contributed by atoms with Crippen LogP contribution in [0.15, 0.2) is 42.3 Å². The number of carboxylic acids is 1. The number of hydrogen-bond donors (Lipinski definition) is 4. The fraction of sp³-hybridized carbons (Fsp3) is 0.389. The molecule has 0 aliphatic carbocycles. The van der Waals surface area contributed by atoms with Crippen molar-refractivity contribution in [2.24, 2.45) is 5.92 Å². The van der Waals surface area contributed by atoms with E-state index in [1.54, 1.807) is 31.3 Å². The zero-order chi connectivity index (χ0) is 20.4. The van der Waals surface area contributed by atoms with Crippen LogP contribution in [0.5, 0.6) is 0 Å². The van der Waals surface area contributed by atoms with Gasteiger partial charge in [0.2, 0.25) is 5.76 Å². The number of allylic oxidation sites excluding steroid dienone is 1. The SMILES string of the molecule is C[C@H]1[C@H]([C@H](O)C(O)CO)OC(C(=O)O)=C[C@@H]1n1cc(-c2ccccc2Cl)nn1. The Morgan fingerprint density at radius 3 is 2.71 bits per heavy atom. The van der Waals surface area contributed by atoms with Crippen LogP contribution < -0.4 is 0 Å². The summed E-state index contributed by atoms with van der Waals surface area (Å²) in [4.78, 5) is 11.5. The van der Waals surface area contributed by atoms with Crippen LogP contribution >= 0.6 is 11.6 Å². The van der Waals surface area contributed by atoms with Crippen molar-refractivity contribution in [3.05, 3.63) is 47.3 Å². The van der Waals surface area contributed by atoms with Gasteiger partial charge in [-0.2, -0.15) is 0 Å². The van der Waals surface area contributed by atoms with Crippen LogP contribution in [0.3, 0.4) is 0 Å². The van der Waals surface area contributed by atoms with Crippen LogP contribution in [0.1, 0.15) is 13.0 Å². The lowest BCUT2D eigenvalue weighted by Gasteiger charge is -2.37. The Hall–Kier alpha value is -2.46. The number of ether oxygens (including phenoxy) is 1. The van der Waals surface area contributed by atoms with Crippen molar-refractivity contribution in [3.63, 3.8) is 0 Å². The first kappa shape index (κ1) is 20.3. The van der Waals surface area contributed by atoms with Gasteiger partial charge in [0.1, 0.15) is 24.0 Å². The number of aliphatic hydroxyl groups is 3. The highest BCUT2D eigenvalue weighted by molar-refractivity contribution is 6.33. The van der Waals surface area contributed by atoms with Gasteiger partial charge in [-0.25, -0.2) is 9.48 Å². The number of nitrogens with zero attached hydrogens (tertiary/aromatic N) is 3. The maximum Gasteiger partial charge on any atom is 0.370 e. The lowest BCUT2D eigenvalue weighted by atomic mass is 9.87. The highest BCUT2D eigenvalue weighted by Gasteiger charge is 2.41. The van der Waals surface area contributed by atoms with Crippen molar-refractivity contribution in [2.45, 2.75) is 31.3 Å². The Morgan fingerprint density at radius 2 is 2.07 bits per heavy atom. The predicted octanol–water partition coefficient (Wildman–Crippen LogP) is 0.857. The summed E-state index contributed by atoms with van der Waals surface area (Å²) >= 11 is 6.19. The van der Waals surface area contributed by atoms with Gasteiger partial charge in [0, 0.05) is 11.5 Å². The van der Waals surface area contributed by atoms with E-state index in [0.717, 1.165) is 0 Å². The average Bonchev–Trinajstić information content (AvgIpc) is 3.16. The maximum atomic E-state index is 11.5. The number of carboxylic acid groups (broad SMARTS) is 1. The second-order valence-electron chi connectivity index (χ2n) is 6.57. The van der Waals surface area contributed by atoms with Crippen LogP contribution in [-0.2, 0) is 9.53 Å². The van der Waals surface area contributed by atoms with Gasteiger partial charge in [-0.05, 0) is 12.1 Å². The molecule has 1 aromatic carbocycles.